The van der Waals surface area contributed by atoms with Gasteiger partial charge in [-0.1, -0.05) is 6.08 Å². The molecule has 0 bridgehead atoms. The van der Waals surface area contributed by atoms with Gasteiger partial charge in [0.05, 0.1) is 6.07 Å². The third-order valence-electron chi connectivity index (χ3n) is 0.666. The van der Waals surface area contributed by atoms with E-state index in [0.29, 0.717) is 0 Å². The summed E-state index contributed by atoms with van der Waals surface area (Å²) >= 11 is 0. The molecule has 0 aromatic carbocycles. The zero-order valence-electron chi connectivity index (χ0n) is 5.70. The first-order valence-electron chi connectivity index (χ1n) is 2.66. The average molecular weight is 122 g/mol. The molecule has 0 aliphatic carbocycles. The molecule has 0 fully saturated rings. The molecule has 0 aliphatic heterocycles. The first kappa shape index (κ1) is 7.77. The Kier molecular flexibility index (Phi) is 4.25. The molecule has 0 N–H and O–H groups in total. The van der Waals surface area contributed by atoms with Crippen LogP contribution in [-0.2, 0) is 0 Å². The summed E-state index contributed by atoms with van der Waals surface area (Å²) in [5, 5.41) is 8.05. The highest BCUT2D eigenvalue weighted by molar-refractivity contribution is 5.10. The van der Waals surface area contributed by atoms with Gasteiger partial charge >= 0.3 is 0 Å². The van der Waals surface area contributed by atoms with Crippen LogP contribution in [0.2, 0.25) is 0 Å². The maximum atomic E-state index is 8.05. The number of allylic oxidation sites excluding steroid dienone is 3. The summed E-state index contributed by atoms with van der Waals surface area (Å²) in [6.45, 7) is 0. The topological polar surface area (TPSA) is 27.0 Å². The molecule has 0 rings (SSSR count). The Morgan fingerprint density at radius 1 is 1.33 bits per heavy atom. The normalized spacial score (nSPS) is 10.3. The van der Waals surface area contributed by atoms with Gasteiger partial charge in [0.1, 0.15) is 0 Å². The molecule has 0 aromatic rings. The third kappa shape index (κ3) is 6.77. The molecule has 0 spiro atoms. The molecule has 9 heavy (non-hydrogen) atoms. The molecular formula is C7H10N2. The van der Waals surface area contributed by atoms with Gasteiger partial charge in [-0.3, -0.25) is 0 Å². The van der Waals surface area contributed by atoms with Crippen LogP contribution < -0.4 is 0 Å². The Morgan fingerprint density at radius 3 is 2.44 bits per heavy atom. The molecule has 0 amide bonds. The minimum atomic E-state index is 1.43. The van der Waals surface area contributed by atoms with E-state index in [1.165, 1.54) is 6.08 Å². The Bertz CT molecular complexity index is 149. The highest BCUT2D eigenvalue weighted by Gasteiger charge is 1.69. The van der Waals surface area contributed by atoms with Crippen molar-refractivity contribution in [2.24, 2.45) is 0 Å². The van der Waals surface area contributed by atoms with Crippen molar-refractivity contribution in [1.29, 1.82) is 5.26 Å². The maximum Gasteiger partial charge on any atom is 0.0912 e. The monoisotopic (exact) mass is 122 g/mol. The second kappa shape index (κ2) is 4.92. The summed E-state index contributed by atoms with van der Waals surface area (Å²) in [4.78, 5) is 1.90. The van der Waals surface area contributed by atoms with Crippen molar-refractivity contribution in [2.45, 2.75) is 0 Å². The molecular weight excluding hydrogens is 112 g/mol. The van der Waals surface area contributed by atoms with Crippen molar-refractivity contribution in [3.63, 3.8) is 0 Å². The smallest absolute Gasteiger partial charge is 0.0912 e. The fourth-order valence-corrected chi connectivity index (χ4v) is 0.320. The SMILES string of the molecule is CN(C)/C=C/C=C\C#N. The molecule has 0 atom stereocenters. The Balaban J connectivity index is 3.50. The van der Waals surface area contributed by atoms with Crippen molar-refractivity contribution < 1.29 is 0 Å². The maximum absolute atomic E-state index is 8.05. The van der Waals surface area contributed by atoms with E-state index < -0.39 is 0 Å². The van der Waals surface area contributed by atoms with E-state index in [9.17, 15) is 0 Å². The summed E-state index contributed by atoms with van der Waals surface area (Å²) in [7, 11) is 3.85. The van der Waals surface area contributed by atoms with Crippen LogP contribution in [0.5, 0.6) is 0 Å². The first-order valence-corrected chi connectivity index (χ1v) is 2.66. The van der Waals surface area contributed by atoms with Crippen LogP contribution in [0.1, 0.15) is 0 Å². The van der Waals surface area contributed by atoms with Gasteiger partial charge in [0.2, 0.25) is 0 Å². The van der Waals surface area contributed by atoms with Crippen LogP contribution in [0.4, 0.5) is 0 Å². The van der Waals surface area contributed by atoms with Crippen molar-refractivity contribution in [3.8, 4) is 6.07 Å². The number of hydrogen-bond acceptors (Lipinski definition) is 2. The Morgan fingerprint density at radius 2 is 2.00 bits per heavy atom. The number of rotatable bonds is 2. The van der Waals surface area contributed by atoms with E-state index in [1.54, 1.807) is 6.08 Å². The summed E-state index contributed by atoms with van der Waals surface area (Å²) in [5.74, 6) is 0. The van der Waals surface area contributed by atoms with Crippen molar-refractivity contribution in [2.75, 3.05) is 14.1 Å². The van der Waals surface area contributed by atoms with E-state index in [-0.39, 0.29) is 0 Å². The van der Waals surface area contributed by atoms with E-state index in [0.717, 1.165) is 0 Å². The minimum absolute atomic E-state index is 1.43. The predicted octanol–water partition coefficient (Wildman–Crippen LogP) is 1.14. The quantitative estimate of drug-likeness (QED) is 0.405. The third-order valence-corrected chi connectivity index (χ3v) is 0.666. The van der Waals surface area contributed by atoms with Crippen LogP contribution in [0.3, 0.4) is 0 Å². The first-order chi connectivity index (χ1) is 4.27. The molecule has 2 heteroatoms. The Hall–Kier alpha value is -1.23. The van der Waals surface area contributed by atoms with Gasteiger partial charge in [-0.05, 0) is 12.3 Å². The lowest BCUT2D eigenvalue weighted by atomic mass is 10.5. The van der Waals surface area contributed by atoms with Gasteiger partial charge in [-0.15, -0.1) is 0 Å². The highest BCUT2D eigenvalue weighted by Crippen LogP contribution is 1.78. The summed E-state index contributed by atoms with van der Waals surface area (Å²) in [5.41, 5.74) is 0. The Labute approximate surface area is 55.7 Å². The molecule has 2 nitrogen and oxygen atoms in total. The van der Waals surface area contributed by atoms with E-state index in [1.807, 2.05) is 37.3 Å². The molecule has 0 radical (unpaired) electrons. The fourth-order valence-electron chi connectivity index (χ4n) is 0.320. The van der Waals surface area contributed by atoms with Crippen molar-refractivity contribution in [1.82, 2.24) is 4.90 Å². The molecule has 0 saturated carbocycles. The van der Waals surface area contributed by atoms with E-state index >= 15 is 0 Å². The molecule has 0 saturated heterocycles. The molecule has 0 aromatic heterocycles. The van der Waals surface area contributed by atoms with Crippen molar-refractivity contribution in [3.05, 3.63) is 24.4 Å². The van der Waals surface area contributed by atoms with Gasteiger partial charge < -0.3 is 4.90 Å². The predicted molar refractivity (Wildman–Crippen MR) is 37.6 cm³/mol. The van der Waals surface area contributed by atoms with Crippen molar-refractivity contribution >= 4 is 0 Å². The zero-order chi connectivity index (χ0) is 7.11. The molecule has 0 unspecified atom stereocenters. The van der Waals surface area contributed by atoms with Crippen LogP contribution in [-0.4, -0.2) is 19.0 Å². The second-order valence-electron chi connectivity index (χ2n) is 1.79. The van der Waals surface area contributed by atoms with Crippen LogP contribution in [0.25, 0.3) is 0 Å². The lowest BCUT2D eigenvalue weighted by Gasteiger charge is -2.00. The lowest BCUT2D eigenvalue weighted by molar-refractivity contribution is 0.564. The zero-order valence-corrected chi connectivity index (χ0v) is 5.70. The molecule has 0 heterocycles. The fraction of sp³-hybridized carbons (Fsp3) is 0.286. The average Bonchev–Trinajstić information content (AvgIpc) is 1.80. The summed E-state index contributed by atoms with van der Waals surface area (Å²) in [6.07, 6.45) is 6.80. The van der Waals surface area contributed by atoms with Crippen LogP contribution >= 0.6 is 0 Å². The van der Waals surface area contributed by atoms with Gasteiger partial charge in [-0.2, -0.15) is 5.26 Å². The van der Waals surface area contributed by atoms with E-state index in [2.05, 4.69) is 0 Å². The molecule has 48 valence electrons. The lowest BCUT2D eigenvalue weighted by Crippen LogP contribution is -1.99. The summed E-state index contributed by atoms with van der Waals surface area (Å²) in [6, 6.07) is 1.89. The standard InChI is InChI=1S/C7H10N2/c1-9(2)7-5-3-4-6-8/h3-5,7H,1-2H3/b4-3-,7-5+. The number of hydrogen-bond donors (Lipinski definition) is 0. The van der Waals surface area contributed by atoms with Gasteiger partial charge in [0.15, 0.2) is 0 Å². The van der Waals surface area contributed by atoms with Crippen LogP contribution in [0.15, 0.2) is 24.4 Å². The summed E-state index contributed by atoms with van der Waals surface area (Å²) < 4.78 is 0. The number of nitriles is 1. The van der Waals surface area contributed by atoms with Crippen LogP contribution in [0, 0.1) is 11.3 Å². The minimum Gasteiger partial charge on any atom is -0.383 e. The van der Waals surface area contributed by atoms with E-state index in [4.69, 9.17) is 5.26 Å². The second-order valence-corrected chi connectivity index (χ2v) is 1.79. The number of nitrogens with zero attached hydrogens (tertiary/aromatic N) is 2. The van der Waals surface area contributed by atoms with Gasteiger partial charge in [0.25, 0.3) is 0 Å². The molecule has 0 aliphatic rings. The highest BCUT2D eigenvalue weighted by atomic mass is 15.0. The van der Waals surface area contributed by atoms with Gasteiger partial charge in [-0.25, -0.2) is 0 Å². The largest absolute Gasteiger partial charge is 0.383 e. The van der Waals surface area contributed by atoms with Gasteiger partial charge in [0, 0.05) is 20.2 Å².